The molecule has 0 saturated heterocycles. The number of nitrogens with one attached hydrogen (secondary N) is 2. The predicted molar refractivity (Wildman–Crippen MR) is 78.0 cm³/mol. The monoisotopic (exact) mass is 290 g/mol. The summed E-state index contributed by atoms with van der Waals surface area (Å²) in [6.07, 6.45) is 2.28. The van der Waals surface area contributed by atoms with Crippen molar-refractivity contribution in [1.82, 2.24) is 20.5 Å². The van der Waals surface area contributed by atoms with Gasteiger partial charge in [0.05, 0.1) is 0 Å². The highest BCUT2D eigenvalue weighted by atomic mass is 32.1. The number of amides is 1. The fourth-order valence-electron chi connectivity index (χ4n) is 2.05. The number of hydrogen-bond donors (Lipinski definition) is 2. The molecule has 1 amide bonds. The van der Waals surface area contributed by atoms with Crippen molar-refractivity contribution >= 4 is 17.2 Å². The van der Waals surface area contributed by atoms with Gasteiger partial charge in [0.25, 0.3) is 5.91 Å². The molecule has 0 radical (unpaired) electrons. The zero-order valence-electron chi connectivity index (χ0n) is 11.6. The minimum Gasteiger partial charge on any atom is -0.348 e. The van der Waals surface area contributed by atoms with E-state index in [0.717, 1.165) is 18.7 Å². The Balaban J connectivity index is 1.61. The van der Waals surface area contributed by atoms with Crippen molar-refractivity contribution in [3.05, 3.63) is 34.0 Å². The van der Waals surface area contributed by atoms with E-state index in [-0.39, 0.29) is 17.1 Å². The lowest BCUT2D eigenvalue weighted by molar-refractivity contribution is 0.0936. The second kappa shape index (κ2) is 5.01. The number of nitrogens with zero attached hydrogens (tertiary/aromatic N) is 2. The second-order valence-corrected chi connectivity index (χ2v) is 6.81. The quantitative estimate of drug-likeness (QED) is 0.888. The third kappa shape index (κ3) is 2.75. The van der Waals surface area contributed by atoms with Crippen LogP contribution in [-0.2, 0) is 5.41 Å². The summed E-state index contributed by atoms with van der Waals surface area (Å²) in [4.78, 5) is 17.6. The third-order valence-corrected chi connectivity index (χ3v) is 4.78. The molecule has 0 bridgehead atoms. The number of aromatic nitrogens is 3. The number of hydrogen-bond acceptors (Lipinski definition) is 4. The van der Waals surface area contributed by atoms with Crippen LogP contribution < -0.4 is 5.32 Å². The van der Waals surface area contributed by atoms with Gasteiger partial charge in [0.15, 0.2) is 0 Å². The van der Waals surface area contributed by atoms with E-state index in [1.807, 2.05) is 6.07 Å². The lowest BCUT2D eigenvalue weighted by Gasteiger charge is -2.23. The smallest absolute Gasteiger partial charge is 0.290 e. The van der Waals surface area contributed by atoms with Crippen LogP contribution >= 0.6 is 11.3 Å². The summed E-state index contributed by atoms with van der Waals surface area (Å²) in [6, 6.07) is 4.12. The van der Waals surface area contributed by atoms with Gasteiger partial charge in [-0.15, -0.1) is 16.4 Å². The summed E-state index contributed by atoms with van der Waals surface area (Å²) < 4.78 is 0. The van der Waals surface area contributed by atoms with E-state index >= 15 is 0 Å². The van der Waals surface area contributed by atoms with Gasteiger partial charge in [-0.2, -0.15) is 0 Å². The minimum absolute atomic E-state index is 0.0839. The maximum absolute atomic E-state index is 12.1. The Kier molecular flexibility index (Phi) is 3.33. The molecular weight excluding hydrogens is 272 g/mol. The fourth-order valence-corrected chi connectivity index (χ4v) is 2.90. The summed E-state index contributed by atoms with van der Waals surface area (Å²) in [7, 11) is 0. The predicted octanol–water partition coefficient (Wildman–Crippen LogP) is 2.45. The zero-order valence-corrected chi connectivity index (χ0v) is 12.5. The Labute approximate surface area is 121 Å². The van der Waals surface area contributed by atoms with Crippen LogP contribution in [0.3, 0.4) is 0 Å². The van der Waals surface area contributed by atoms with E-state index in [0.29, 0.717) is 12.5 Å². The zero-order chi connectivity index (χ0) is 14.2. The highest BCUT2D eigenvalue weighted by Gasteiger charge is 2.29. The Hall–Kier alpha value is -1.69. The van der Waals surface area contributed by atoms with Gasteiger partial charge >= 0.3 is 0 Å². The van der Waals surface area contributed by atoms with Gasteiger partial charge in [-0.3, -0.25) is 9.89 Å². The van der Waals surface area contributed by atoms with Crippen LogP contribution in [0.25, 0.3) is 0 Å². The van der Waals surface area contributed by atoms with Gasteiger partial charge in [0.2, 0.25) is 5.82 Å². The molecule has 0 aromatic carbocycles. The standard InChI is InChI=1S/C14H18N4OS/c1-14(2,10-4-3-7-20-10)8-15-13(19)12-16-11(17-18-12)9-5-6-9/h3-4,7,9H,5-6,8H2,1-2H3,(H,15,19)(H,16,17,18). The summed E-state index contributed by atoms with van der Waals surface area (Å²) >= 11 is 1.70. The Morgan fingerprint density at radius 3 is 3.00 bits per heavy atom. The first-order valence-electron chi connectivity index (χ1n) is 6.81. The molecular formula is C14H18N4OS. The maximum atomic E-state index is 12.1. The van der Waals surface area contributed by atoms with Crippen LogP contribution in [0.5, 0.6) is 0 Å². The van der Waals surface area contributed by atoms with Crippen molar-refractivity contribution in [2.24, 2.45) is 0 Å². The normalized spacial score (nSPS) is 15.3. The van der Waals surface area contributed by atoms with E-state index in [2.05, 4.69) is 45.8 Å². The fraction of sp³-hybridized carbons (Fsp3) is 0.500. The maximum Gasteiger partial charge on any atom is 0.290 e. The Bertz CT molecular complexity index is 598. The molecule has 2 aromatic rings. The summed E-state index contributed by atoms with van der Waals surface area (Å²) in [5, 5.41) is 11.8. The molecule has 1 aliphatic rings. The van der Waals surface area contributed by atoms with Crippen molar-refractivity contribution in [2.45, 2.75) is 38.0 Å². The number of H-pyrrole nitrogens is 1. The lowest BCUT2D eigenvalue weighted by Crippen LogP contribution is -2.36. The van der Waals surface area contributed by atoms with Gasteiger partial charge in [-0.05, 0) is 24.3 Å². The molecule has 0 unspecified atom stereocenters. The average molecular weight is 290 g/mol. The topological polar surface area (TPSA) is 70.7 Å². The molecule has 1 fully saturated rings. The number of aromatic amines is 1. The van der Waals surface area contributed by atoms with E-state index in [9.17, 15) is 4.79 Å². The SMILES string of the molecule is CC(C)(CNC(=O)c1n[nH]c(C2CC2)n1)c1cccs1. The molecule has 1 aliphatic carbocycles. The highest BCUT2D eigenvalue weighted by Crippen LogP contribution is 2.37. The lowest BCUT2D eigenvalue weighted by atomic mass is 9.91. The van der Waals surface area contributed by atoms with Crippen LogP contribution in [0.1, 0.15) is 53.9 Å². The first-order chi connectivity index (χ1) is 9.56. The molecule has 0 atom stereocenters. The van der Waals surface area contributed by atoms with Gasteiger partial charge < -0.3 is 5.32 Å². The highest BCUT2D eigenvalue weighted by molar-refractivity contribution is 7.10. The van der Waals surface area contributed by atoms with Crippen molar-refractivity contribution < 1.29 is 4.79 Å². The van der Waals surface area contributed by atoms with Gasteiger partial charge in [0.1, 0.15) is 5.82 Å². The molecule has 20 heavy (non-hydrogen) atoms. The summed E-state index contributed by atoms with van der Waals surface area (Å²) in [5.74, 6) is 1.35. The molecule has 0 spiro atoms. The molecule has 6 heteroatoms. The van der Waals surface area contributed by atoms with Crippen LogP contribution in [0.15, 0.2) is 17.5 Å². The summed E-state index contributed by atoms with van der Waals surface area (Å²) in [6.45, 7) is 4.80. The van der Waals surface area contributed by atoms with E-state index < -0.39 is 0 Å². The Morgan fingerprint density at radius 2 is 2.35 bits per heavy atom. The van der Waals surface area contributed by atoms with Crippen molar-refractivity contribution in [3.63, 3.8) is 0 Å². The van der Waals surface area contributed by atoms with Gasteiger partial charge in [-0.25, -0.2) is 4.98 Å². The van der Waals surface area contributed by atoms with Crippen molar-refractivity contribution in [1.29, 1.82) is 0 Å². The number of carbonyl (C=O) groups excluding carboxylic acids is 1. The van der Waals surface area contributed by atoms with E-state index in [4.69, 9.17) is 0 Å². The first kappa shape index (κ1) is 13.3. The molecule has 106 valence electrons. The van der Waals surface area contributed by atoms with Gasteiger partial charge in [0, 0.05) is 22.8 Å². The molecule has 2 aromatic heterocycles. The molecule has 0 aliphatic heterocycles. The molecule has 2 heterocycles. The third-order valence-electron chi connectivity index (χ3n) is 3.55. The van der Waals surface area contributed by atoms with Crippen molar-refractivity contribution in [3.8, 4) is 0 Å². The van der Waals surface area contributed by atoms with Gasteiger partial charge in [-0.1, -0.05) is 19.9 Å². The van der Waals surface area contributed by atoms with Crippen LogP contribution in [0.2, 0.25) is 0 Å². The Morgan fingerprint density at radius 1 is 1.55 bits per heavy atom. The number of thiophene rings is 1. The average Bonchev–Trinajstić information content (AvgIpc) is 2.97. The largest absolute Gasteiger partial charge is 0.348 e. The van der Waals surface area contributed by atoms with E-state index in [1.54, 1.807) is 11.3 Å². The minimum atomic E-state index is -0.210. The molecule has 1 saturated carbocycles. The van der Waals surface area contributed by atoms with Crippen molar-refractivity contribution in [2.75, 3.05) is 6.54 Å². The van der Waals surface area contributed by atoms with Crippen LogP contribution in [0, 0.1) is 0 Å². The summed E-state index contributed by atoms with van der Waals surface area (Å²) in [5.41, 5.74) is -0.0839. The molecule has 5 nitrogen and oxygen atoms in total. The second-order valence-electron chi connectivity index (χ2n) is 5.86. The van der Waals surface area contributed by atoms with Crippen LogP contribution in [0.4, 0.5) is 0 Å². The first-order valence-corrected chi connectivity index (χ1v) is 7.69. The van der Waals surface area contributed by atoms with Crippen LogP contribution in [-0.4, -0.2) is 27.6 Å². The number of carbonyl (C=O) groups is 1. The van der Waals surface area contributed by atoms with E-state index in [1.165, 1.54) is 4.88 Å². The molecule has 2 N–H and O–H groups in total. The molecule has 3 rings (SSSR count). The number of rotatable bonds is 5.